The van der Waals surface area contributed by atoms with Crippen molar-refractivity contribution in [3.8, 4) is 0 Å². The van der Waals surface area contributed by atoms with Crippen LogP contribution >= 0.6 is 22.6 Å². The number of hydrogen-bond acceptors (Lipinski definition) is 1. The number of para-hydroxylation sites is 2. The first-order valence-corrected chi connectivity index (χ1v) is 5.87. The van der Waals surface area contributed by atoms with Gasteiger partial charge in [0, 0.05) is 14.3 Å². The fraction of sp³-hybridized carbons (Fsp3) is 0. The fourth-order valence-corrected chi connectivity index (χ4v) is 2.70. The largest absolute Gasteiger partial charge is 0.248 e. The highest BCUT2D eigenvalue weighted by Crippen LogP contribution is 2.26. The number of aromatic nitrogens is 1. The second-order valence-electron chi connectivity index (χ2n) is 3.46. The standard InChI is InChI=1S/C13H8IN/c14-13-9-5-1-3-7-11(9)15-12-8-4-2-6-10(12)13/h1-8H. The van der Waals surface area contributed by atoms with Crippen molar-refractivity contribution in [2.75, 3.05) is 0 Å². The monoisotopic (exact) mass is 305 g/mol. The summed E-state index contributed by atoms with van der Waals surface area (Å²) in [5, 5.41) is 2.47. The van der Waals surface area contributed by atoms with Gasteiger partial charge in [-0.1, -0.05) is 36.4 Å². The third-order valence-corrected chi connectivity index (χ3v) is 3.68. The summed E-state index contributed by atoms with van der Waals surface area (Å²) in [5.74, 6) is 0. The van der Waals surface area contributed by atoms with Gasteiger partial charge in [0.05, 0.1) is 11.0 Å². The van der Waals surface area contributed by atoms with Crippen molar-refractivity contribution in [3.05, 3.63) is 52.1 Å². The van der Waals surface area contributed by atoms with Gasteiger partial charge in [-0.15, -0.1) is 0 Å². The number of halogens is 1. The van der Waals surface area contributed by atoms with E-state index in [1.54, 1.807) is 0 Å². The molecule has 0 amide bonds. The zero-order valence-corrected chi connectivity index (χ0v) is 10.1. The summed E-state index contributed by atoms with van der Waals surface area (Å²) in [6.07, 6.45) is 0. The summed E-state index contributed by atoms with van der Waals surface area (Å²) in [5.41, 5.74) is 2.14. The first kappa shape index (κ1) is 9.09. The lowest BCUT2D eigenvalue weighted by Gasteiger charge is -2.04. The van der Waals surface area contributed by atoms with Crippen molar-refractivity contribution < 1.29 is 0 Å². The first-order chi connectivity index (χ1) is 7.36. The Labute approximate surface area is 101 Å². The van der Waals surface area contributed by atoms with E-state index in [4.69, 9.17) is 0 Å². The van der Waals surface area contributed by atoms with Gasteiger partial charge >= 0.3 is 0 Å². The Morgan fingerprint density at radius 3 is 1.73 bits per heavy atom. The molecule has 1 nitrogen and oxygen atoms in total. The number of hydrogen-bond donors (Lipinski definition) is 0. The maximum absolute atomic E-state index is 4.63. The van der Waals surface area contributed by atoms with E-state index in [9.17, 15) is 0 Å². The third-order valence-electron chi connectivity index (χ3n) is 2.52. The lowest BCUT2D eigenvalue weighted by molar-refractivity contribution is 1.49. The van der Waals surface area contributed by atoms with Crippen molar-refractivity contribution in [1.82, 2.24) is 4.98 Å². The zero-order chi connectivity index (χ0) is 10.3. The normalized spacial score (nSPS) is 11.0. The minimum Gasteiger partial charge on any atom is -0.248 e. The van der Waals surface area contributed by atoms with Crippen LogP contribution in [0, 0.1) is 3.57 Å². The lowest BCUT2D eigenvalue weighted by atomic mass is 10.1. The maximum Gasteiger partial charge on any atom is 0.0720 e. The molecule has 0 unspecified atom stereocenters. The molecule has 3 rings (SSSR count). The zero-order valence-electron chi connectivity index (χ0n) is 7.94. The van der Waals surface area contributed by atoms with Crippen molar-refractivity contribution in [2.24, 2.45) is 0 Å². The Kier molecular flexibility index (Phi) is 2.09. The molecule has 15 heavy (non-hydrogen) atoms. The van der Waals surface area contributed by atoms with Gasteiger partial charge < -0.3 is 0 Å². The molecule has 0 N–H and O–H groups in total. The Hall–Kier alpha value is -1.16. The van der Waals surface area contributed by atoms with E-state index in [-0.39, 0.29) is 0 Å². The van der Waals surface area contributed by atoms with Crippen LogP contribution in [0.2, 0.25) is 0 Å². The third kappa shape index (κ3) is 1.40. The number of rotatable bonds is 0. The van der Waals surface area contributed by atoms with Crippen LogP contribution in [0.3, 0.4) is 0 Å². The van der Waals surface area contributed by atoms with Gasteiger partial charge in [-0.25, -0.2) is 4.98 Å². The minimum atomic E-state index is 1.07. The summed E-state index contributed by atoms with van der Waals surface area (Å²) in [6.45, 7) is 0. The van der Waals surface area contributed by atoms with Crippen LogP contribution in [0.5, 0.6) is 0 Å². The summed E-state index contributed by atoms with van der Waals surface area (Å²) in [7, 11) is 0. The number of nitrogens with zero attached hydrogens (tertiary/aromatic N) is 1. The Morgan fingerprint density at radius 1 is 0.733 bits per heavy atom. The average molecular weight is 305 g/mol. The van der Waals surface area contributed by atoms with Gasteiger partial charge in [-0.3, -0.25) is 0 Å². The average Bonchev–Trinajstić information content (AvgIpc) is 2.30. The van der Waals surface area contributed by atoms with Crippen LogP contribution in [0.25, 0.3) is 21.8 Å². The van der Waals surface area contributed by atoms with Crippen LogP contribution in [0.4, 0.5) is 0 Å². The predicted octanol–water partition coefficient (Wildman–Crippen LogP) is 3.99. The van der Waals surface area contributed by atoms with E-state index >= 15 is 0 Å². The molecule has 0 aliphatic rings. The molecule has 1 heterocycles. The molecule has 2 aromatic carbocycles. The van der Waals surface area contributed by atoms with Crippen LogP contribution in [0.15, 0.2) is 48.5 Å². The van der Waals surface area contributed by atoms with E-state index in [1.807, 2.05) is 12.1 Å². The van der Waals surface area contributed by atoms with Gasteiger partial charge in [-0.05, 0) is 34.7 Å². The Morgan fingerprint density at radius 2 is 1.20 bits per heavy atom. The van der Waals surface area contributed by atoms with Gasteiger partial charge in [0.15, 0.2) is 0 Å². The lowest BCUT2D eigenvalue weighted by Crippen LogP contribution is -1.86. The molecule has 0 saturated heterocycles. The summed E-state index contributed by atoms with van der Waals surface area (Å²) in [4.78, 5) is 4.63. The second-order valence-corrected chi connectivity index (χ2v) is 4.54. The van der Waals surface area contributed by atoms with E-state index < -0.39 is 0 Å². The topological polar surface area (TPSA) is 12.9 Å². The molecule has 2 heteroatoms. The minimum absolute atomic E-state index is 1.07. The SMILES string of the molecule is Ic1c2ccccc2nc2ccccc12. The number of fused-ring (bicyclic) bond motifs is 2. The first-order valence-electron chi connectivity index (χ1n) is 4.79. The molecule has 0 saturated carbocycles. The highest BCUT2D eigenvalue weighted by Gasteiger charge is 2.04. The molecule has 72 valence electrons. The molecular formula is C13H8IN. The quantitative estimate of drug-likeness (QED) is 0.452. The fourth-order valence-electron chi connectivity index (χ4n) is 1.79. The van der Waals surface area contributed by atoms with Crippen molar-refractivity contribution in [3.63, 3.8) is 0 Å². The molecule has 1 aromatic heterocycles. The molecule has 0 spiro atoms. The van der Waals surface area contributed by atoms with E-state index in [1.165, 1.54) is 14.3 Å². The molecule has 3 aromatic rings. The van der Waals surface area contributed by atoms with Crippen LogP contribution in [-0.4, -0.2) is 4.98 Å². The molecule has 0 fully saturated rings. The molecule has 0 bridgehead atoms. The summed E-state index contributed by atoms with van der Waals surface area (Å²) >= 11 is 2.40. The van der Waals surface area contributed by atoms with E-state index in [0.29, 0.717) is 0 Å². The highest BCUT2D eigenvalue weighted by molar-refractivity contribution is 14.1. The van der Waals surface area contributed by atoms with Crippen molar-refractivity contribution >= 4 is 44.4 Å². The number of benzene rings is 2. The molecule has 0 aliphatic carbocycles. The van der Waals surface area contributed by atoms with E-state index in [0.717, 1.165) is 11.0 Å². The Bertz CT molecular complexity index is 592. The summed E-state index contributed by atoms with van der Waals surface area (Å²) < 4.78 is 1.29. The molecule has 0 radical (unpaired) electrons. The van der Waals surface area contributed by atoms with Gasteiger partial charge in [0.2, 0.25) is 0 Å². The molecule has 0 aliphatic heterocycles. The van der Waals surface area contributed by atoms with Gasteiger partial charge in [-0.2, -0.15) is 0 Å². The van der Waals surface area contributed by atoms with E-state index in [2.05, 4.69) is 64.0 Å². The Balaban J connectivity index is 2.60. The second kappa shape index (κ2) is 3.45. The molecule has 0 atom stereocenters. The number of pyridine rings is 1. The predicted molar refractivity (Wildman–Crippen MR) is 72.0 cm³/mol. The van der Waals surface area contributed by atoms with Crippen molar-refractivity contribution in [2.45, 2.75) is 0 Å². The van der Waals surface area contributed by atoms with Crippen molar-refractivity contribution in [1.29, 1.82) is 0 Å². The van der Waals surface area contributed by atoms with Crippen LogP contribution in [0.1, 0.15) is 0 Å². The maximum atomic E-state index is 4.63. The van der Waals surface area contributed by atoms with Gasteiger partial charge in [0.1, 0.15) is 0 Å². The van der Waals surface area contributed by atoms with Crippen LogP contribution in [-0.2, 0) is 0 Å². The smallest absolute Gasteiger partial charge is 0.0720 e. The highest BCUT2D eigenvalue weighted by atomic mass is 127. The molecular weight excluding hydrogens is 297 g/mol. The van der Waals surface area contributed by atoms with Gasteiger partial charge in [0.25, 0.3) is 0 Å². The summed E-state index contributed by atoms with van der Waals surface area (Å²) in [6, 6.07) is 16.5. The van der Waals surface area contributed by atoms with Crippen LogP contribution < -0.4 is 0 Å².